The monoisotopic (exact) mass is 320 g/mol. The molecule has 0 aromatic heterocycles. The molecule has 122 valence electrons. The highest BCUT2D eigenvalue weighted by molar-refractivity contribution is 6.09. The standard InChI is InChI=1S/C20H20N2O2/c1-3-12-24-18-10-8-16(9-11-18)13-17(14-21)20(23)22-19-7-5-4-6-15(19)2/h4-11,13H,3,12H2,1-2H3,(H,22,23)/b17-13+. The number of carbonyl (C=O) groups is 1. The van der Waals surface area contributed by atoms with Crippen molar-refractivity contribution in [3.63, 3.8) is 0 Å². The van der Waals surface area contributed by atoms with Gasteiger partial charge >= 0.3 is 0 Å². The molecule has 0 spiro atoms. The minimum Gasteiger partial charge on any atom is -0.494 e. The Bertz CT molecular complexity index is 771. The predicted molar refractivity (Wildman–Crippen MR) is 95.6 cm³/mol. The second-order valence-corrected chi connectivity index (χ2v) is 5.36. The maximum Gasteiger partial charge on any atom is 0.266 e. The summed E-state index contributed by atoms with van der Waals surface area (Å²) in [6, 6.07) is 16.7. The molecule has 0 radical (unpaired) electrons. The van der Waals surface area contributed by atoms with Crippen LogP contribution in [0.25, 0.3) is 6.08 Å². The molecule has 2 aromatic rings. The molecule has 0 saturated carbocycles. The number of hydrogen-bond acceptors (Lipinski definition) is 3. The smallest absolute Gasteiger partial charge is 0.266 e. The van der Waals surface area contributed by atoms with Gasteiger partial charge in [-0.2, -0.15) is 5.26 Å². The first-order valence-corrected chi connectivity index (χ1v) is 7.85. The van der Waals surface area contributed by atoms with E-state index in [-0.39, 0.29) is 5.57 Å². The molecule has 0 bridgehead atoms. The van der Waals surface area contributed by atoms with Crippen molar-refractivity contribution in [2.75, 3.05) is 11.9 Å². The van der Waals surface area contributed by atoms with Gasteiger partial charge in [0.15, 0.2) is 0 Å². The minimum absolute atomic E-state index is 0.0560. The van der Waals surface area contributed by atoms with Crippen molar-refractivity contribution in [1.29, 1.82) is 5.26 Å². The molecule has 0 aliphatic rings. The lowest BCUT2D eigenvalue weighted by molar-refractivity contribution is -0.112. The Morgan fingerprint density at radius 3 is 2.54 bits per heavy atom. The first-order chi connectivity index (χ1) is 11.6. The number of aryl methyl sites for hydroxylation is 1. The zero-order chi connectivity index (χ0) is 17.4. The van der Waals surface area contributed by atoms with E-state index in [1.807, 2.05) is 68.4 Å². The first-order valence-electron chi connectivity index (χ1n) is 7.85. The Hall–Kier alpha value is -3.06. The number of nitrogens with one attached hydrogen (secondary N) is 1. The average Bonchev–Trinajstić information content (AvgIpc) is 2.60. The molecule has 0 aliphatic carbocycles. The van der Waals surface area contributed by atoms with E-state index >= 15 is 0 Å². The third-order valence-corrected chi connectivity index (χ3v) is 3.42. The van der Waals surface area contributed by atoms with E-state index in [1.54, 1.807) is 6.08 Å². The summed E-state index contributed by atoms with van der Waals surface area (Å²) in [6.45, 7) is 4.61. The van der Waals surface area contributed by atoms with Crippen LogP contribution in [0.15, 0.2) is 54.1 Å². The van der Waals surface area contributed by atoms with Gasteiger partial charge in [-0.25, -0.2) is 0 Å². The summed E-state index contributed by atoms with van der Waals surface area (Å²) < 4.78 is 5.52. The van der Waals surface area contributed by atoms with E-state index in [1.165, 1.54) is 0 Å². The molecule has 0 atom stereocenters. The molecule has 24 heavy (non-hydrogen) atoms. The summed E-state index contributed by atoms with van der Waals surface area (Å²) in [5, 5.41) is 12.0. The molecule has 4 heteroatoms. The van der Waals surface area contributed by atoms with Crippen LogP contribution in [0, 0.1) is 18.3 Å². The lowest BCUT2D eigenvalue weighted by Gasteiger charge is -2.07. The molecular formula is C20H20N2O2. The van der Waals surface area contributed by atoms with Crippen molar-refractivity contribution >= 4 is 17.7 Å². The number of anilines is 1. The number of benzene rings is 2. The van der Waals surface area contributed by atoms with Crippen molar-refractivity contribution in [2.24, 2.45) is 0 Å². The van der Waals surface area contributed by atoms with E-state index in [0.29, 0.717) is 12.3 Å². The summed E-state index contributed by atoms with van der Waals surface area (Å²) >= 11 is 0. The number of rotatable bonds is 6. The Balaban J connectivity index is 2.12. The normalized spacial score (nSPS) is 10.8. The zero-order valence-electron chi connectivity index (χ0n) is 13.9. The second-order valence-electron chi connectivity index (χ2n) is 5.36. The summed E-state index contributed by atoms with van der Waals surface area (Å²) in [5.74, 6) is 0.356. The highest BCUT2D eigenvalue weighted by Crippen LogP contribution is 2.17. The molecule has 0 saturated heterocycles. The van der Waals surface area contributed by atoms with Crippen LogP contribution >= 0.6 is 0 Å². The van der Waals surface area contributed by atoms with Gasteiger partial charge in [-0.15, -0.1) is 0 Å². The van der Waals surface area contributed by atoms with E-state index in [2.05, 4.69) is 5.32 Å². The van der Waals surface area contributed by atoms with Gasteiger partial charge in [0, 0.05) is 5.69 Å². The minimum atomic E-state index is -0.418. The molecule has 0 aliphatic heterocycles. The van der Waals surface area contributed by atoms with Crippen molar-refractivity contribution in [2.45, 2.75) is 20.3 Å². The number of nitrogens with zero attached hydrogens (tertiary/aromatic N) is 1. The molecular weight excluding hydrogens is 300 g/mol. The number of nitriles is 1. The van der Waals surface area contributed by atoms with Crippen LogP contribution in [0.2, 0.25) is 0 Å². The van der Waals surface area contributed by atoms with E-state index < -0.39 is 5.91 Å². The summed E-state index contributed by atoms with van der Waals surface area (Å²) in [4.78, 5) is 12.3. The van der Waals surface area contributed by atoms with Crippen molar-refractivity contribution in [1.82, 2.24) is 0 Å². The predicted octanol–water partition coefficient (Wildman–Crippen LogP) is 4.33. The van der Waals surface area contributed by atoms with E-state index in [9.17, 15) is 10.1 Å². The van der Waals surface area contributed by atoms with E-state index in [0.717, 1.165) is 23.3 Å². The van der Waals surface area contributed by atoms with Crippen LogP contribution < -0.4 is 10.1 Å². The fraction of sp³-hybridized carbons (Fsp3) is 0.200. The number of para-hydroxylation sites is 1. The largest absolute Gasteiger partial charge is 0.494 e. The SMILES string of the molecule is CCCOc1ccc(/C=C(\C#N)C(=O)Nc2ccccc2C)cc1. The first kappa shape index (κ1) is 17.3. The van der Waals surface area contributed by atoms with Crippen molar-refractivity contribution in [3.8, 4) is 11.8 Å². The number of carbonyl (C=O) groups excluding carboxylic acids is 1. The third kappa shape index (κ3) is 4.72. The van der Waals surface area contributed by atoms with Crippen LogP contribution in [0.3, 0.4) is 0 Å². The summed E-state index contributed by atoms with van der Waals surface area (Å²) in [5.41, 5.74) is 2.48. The number of amides is 1. The molecule has 4 nitrogen and oxygen atoms in total. The van der Waals surface area contributed by atoms with Gasteiger partial charge in [0.2, 0.25) is 0 Å². The van der Waals surface area contributed by atoms with Crippen LogP contribution in [0.5, 0.6) is 5.75 Å². The Morgan fingerprint density at radius 1 is 1.21 bits per heavy atom. The lowest BCUT2D eigenvalue weighted by Crippen LogP contribution is -2.14. The fourth-order valence-corrected chi connectivity index (χ4v) is 2.10. The third-order valence-electron chi connectivity index (χ3n) is 3.42. The van der Waals surface area contributed by atoms with Crippen molar-refractivity contribution < 1.29 is 9.53 Å². The Labute approximate surface area is 142 Å². The number of hydrogen-bond donors (Lipinski definition) is 1. The maximum atomic E-state index is 12.3. The molecule has 2 aromatic carbocycles. The van der Waals surface area contributed by atoms with Gasteiger partial charge in [0.05, 0.1) is 6.61 Å². The Kier molecular flexibility index (Phi) is 6.16. The van der Waals surface area contributed by atoms with Gasteiger partial charge in [0.1, 0.15) is 17.4 Å². The molecule has 1 N–H and O–H groups in total. The highest BCUT2D eigenvalue weighted by atomic mass is 16.5. The summed E-state index contributed by atoms with van der Waals surface area (Å²) in [6.07, 6.45) is 2.51. The average molecular weight is 320 g/mol. The lowest BCUT2D eigenvalue weighted by atomic mass is 10.1. The van der Waals surface area contributed by atoms with Crippen LogP contribution in [0.4, 0.5) is 5.69 Å². The van der Waals surface area contributed by atoms with Crippen molar-refractivity contribution in [3.05, 3.63) is 65.2 Å². The van der Waals surface area contributed by atoms with Crippen LogP contribution in [-0.2, 0) is 4.79 Å². The zero-order valence-corrected chi connectivity index (χ0v) is 13.9. The van der Waals surface area contributed by atoms with Crippen LogP contribution in [0.1, 0.15) is 24.5 Å². The number of ether oxygens (including phenoxy) is 1. The Morgan fingerprint density at radius 2 is 1.92 bits per heavy atom. The molecule has 0 heterocycles. The molecule has 0 fully saturated rings. The molecule has 1 amide bonds. The highest BCUT2D eigenvalue weighted by Gasteiger charge is 2.10. The fourth-order valence-electron chi connectivity index (χ4n) is 2.10. The molecule has 0 unspecified atom stereocenters. The topological polar surface area (TPSA) is 62.1 Å². The van der Waals surface area contributed by atoms with Gasteiger partial charge in [-0.1, -0.05) is 37.3 Å². The van der Waals surface area contributed by atoms with E-state index in [4.69, 9.17) is 4.74 Å². The van der Waals surface area contributed by atoms with Gasteiger partial charge < -0.3 is 10.1 Å². The van der Waals surface area contributed by atoms with Gasteiger partial charge in [-0.3, -0.25) is 4.79 Å². The van der Waals surface area contributed by atoms with Crippen LogP contribution in [-0.4, -0.2) is 12.5 Å². The quantitative estimate of drug-likeness (QED) is 0.636. The van der Waals surface area contributed by atoms with Gasteiger partial charge in [0.25, 0.3) is 5.91 Å². The van der Waals surface area contributed by atoms with Gasteiger partial charge in [-0.05, 0) is 48.7 Å². The molecule has 2 rings (SSSR count). The maximum absolute atomic E-state index is 12.3. The second kappa shape index (κ2) is 8.54. The summed E-state index contributed by atoms with van der Waals surface area (Å²) in [7, 11) is 0.